The van der Waals surface area contributed by atoms with Crippen molar-refractivity contribution in [3.05, 3.63) is 126 Å². The molecular weight excluding hydrogens is 488 g/mol. The minimum absolute atomic E-state index is 0.0783. The van der Waals surface area contributed by atoms with E-state index >= 15 is 0 Å². The number of aromatic nitrogens is 1. The monoisotopic (exact) mass is 510 g/mol. The summed E-state index contributed by atoms with van der Waals surface area (Å²) in [5.74, 6) is -0.973. The summed E-state index contributed by atoms with van der Waals surface area (Å²) in [6.07, 6.45) is 5.65. The summed E-state index contributed by atoms with van der Waals surface area (Å²) in [7, 11) is 0. The second kappa shape index (κ2) is 9.08. The van der Waals surface area contributed by atoms with Crippen LogP contribution in [0.4, 0.5) is 0 Å². The Balaban J connectivity index is 1.56. The van der Waals surface area contributed by atoms with Gasteiger partial charge in [0.1, 0.15) is 0 Å². The number of aromatic carboxylic acids is 1. The fourth-order valence-electron chi connectivity index (χ4n) is 4.98. The van der Waals surface area contributed by atoms with E-state index in [9.17, 15) is 14.7 Å². The van der Waals surface area contributed by atoms with Crippen molar-refractivity contribution >= 4 is 40.8 Å². The van der Waals surface area contributed by atoms with Crippen LogP contribution in [0.3, 0.4) is 0 Å². The van der Waals surface area contributed by atoms with E-state index in [2.05, 4.69) is 48.7 Å². The van der Waals surface area contributed by atoms with Crippen LogP contribution < -0.4 is 14.9 Å². The molecule has 1 aliphatic heterocycles. The maximum Gasteiger partial charge on any atom is 0.335 e. The summed E-state index contributed by atoms with van der Waals surface area (Å²) >= 11 is 3.07. The quantitative estimate of drug-likeness (QED) is 0.403. The minimum Gasteiger partial charge on any atom is -0.478 e. The highest BCUT2D eigenvalue weighted by Gasteiger charge is 2.32. The van der Waals surface area contributed by atoms with Gasteiger partial charge in [-0.25, -0.2) is 9.79 Å². The number of hydrogen-bond donors (Lipinski definition) is 1. The lowest BCUT2D eigenvalue weighted by molar-refractivity contribution is 0.0697. The number of allylic oxidation sites excluding steroid dienone is 1. The molecule has 0 bridgehead atoms. The van der Waals surface area contributed by atoms with E-state index in [0.29, 0.717) is 9.33 Å². The zero-order valence-corrected chi connectivity index (χ0v) is 21.1. The third-order valence-corrected chi connectivity index (χ3v) is 8.49. The van der Waals surface area contributed by atoms with Gasteiger partial charge in [0.05, 0.1) is 21.8 Å². The highest BCUT2D eigenvalue weighted by atomic mass is 32.2. The number of fused-ring (bicyclic) bond motifs is 3. The standard InChI is InChI=1S/C29H22N2O3S2/c1-35-21-13-10-19(11-14-21)26-23-15-12-18-4-2-3-5-22(18)25(23)30-29-31(26)27(32)24(36-29)16-17-6-8-20(9-7-17)28(33)34/h2-11,13-14,16,26H,12,15H2,1H3,(H,33,34)/b24-16-/t26-/m0/s1. The van der Waals surface area contributed by atoms with Gasteiger partial charge in [-0.2, -0.15) is 0 Å². The molecule has 6 rings (SSSR count). The zero-order valence-electron chi connectivity index (χ0n) is 19.5. The molecule has 1 atom stereocenters. The number of nitrogens with zero attached hydrogens (tertiary/aromatic N) is 2. The highest BCUT2D eigenvalue weighted by Crippen LogP contribution is 2.41. The number of carboxylic acid groups (broad SMARTS) is 1. The normalized spacial score (nSPS) is 16.7. The summed E-state index contributed by atoms with van der Waals surface area (Å²) in [5.41, 5.74) is 6.58. The first-order chi connectivity index (χ1) is 17.5. The molecule has 0 saturated heterocycles. The van der Waals surface area contributed by atoms with Crippen LogP contribution in [0.25, 0.3) is 11.8 Å². The van der Waals surface area contributed by atoms with Crippen molar-refractivity contribution in [3.63, 3.8) is 0 Å². The van der Waals surface area contributed by atoms with Gasteiger partial charge in [0.2, 0.25) is 0 Å². The Kier molecular flexibility index (Phi) is 5.74. The average Bonchev–Trinajstić information content (AvgIpc) is 3.22. The number of thioether (sulfide) groups is 1. The Labute approximate surface area is 215 Å². The van der Waals surface area contributed by atoms with E-state index < -0.39 is 5.97 Å². The Morgan fingerprint density at radius 2 is 1.81 bits per heavy atom. The van der Waals surface area contributed by atoms with Crippen LogP contribution in [0.1, 0.15) is 45.1 Å². The van der Waals surface area contributed by atoms with Crippen molar-refractivity contribution in [1.82, 2.24) is 4.57 Å². The van der Waals surface area contributed by atoms with Crippen molar-refractivity contribution in [2.24, 2.45) is 4.99 Å². The number of rotatable bonds is 4. The van der Waals surface area contributed by atoms with Crippen molar-refractivity contribution < 1.29 is 9.90 Å². The summed E-state index contributed by atoms with van der Waals surface area (Å²) in [5, 5.41) is 9.18. The first-order valence-corrected chi connectivity index (χ1v) is 13.7. The summed E-state index contributed by atoms with van der Waals surface area (Å²) < 4.78 is 2.42. The molecule has 7 heteroatoms. The molecule has 0 fully saturated rings. The highest BCUT2D eigenvalue weighted by molar-refractivity contribution is 7.98. The fourth-order valence-corrected chi connectivity index (χ4v) is 6.39. The fraction of sp³-hybridized carbons (Fsp3) is 0.138. The van der Waals surface area contributed by atoms with Crippen LogP contribution in [0.5, 0.6) is 0 Å². The molecule has 1 aliphatic carbocycles. The first-order valence-electron chi connectivity index (χ1n) is 11.6. The minimum atomic E-state index is -0.973. The lowest BCUT2D eigenvalue weighted by Crippen LogP contribution is -2.38. The van der Waals surface area contributed by atoms with Gasteiger partial charge >= 0.3 is 5.97 Å². The van der Waals surface area contributed by atoms with Gasteiger partial charge < -0.3 is 5.11 Å². The maximum absolute atomic E-state index is 13.8. The van der Waals surface area contributed by atoms with Crippen molar-refractivity contribution in [1.29, 1.82) is 0 Å². The Morgan fingerprint density at radius 3 is 2.53 bits per heavy atom. The molecule has 2 heterocycles. The summed E-state index contributed by atoms with van der Waals surface area (Å²) in [4.78, 5) is 31.9. The van der Waals surface area contributed by atoms with Gasteiger partial charge in [-0.05, 0) is 71.7 Å². The van der Waals surface area contributed by atoms with Gasteiger partial charge in [-0.15, -0.1) is 11.8 Å². The van der Waals surface area contributed by atoms with Crippen molar-refractivity contribution in [2.75, 3.05) is 6.26 Å². The number of thiazole rings is 1. The second-order valence-corrected chi connectivity index (χ2v) is 10.7. The molecule has 0 saturated carbocycles. The van der Waals surface area contributed by atoms with E-state index in [1.54, 1.807) is 36.0 Å². The lowest BCUT2D eigenvalue weighted by atomic mass is 9.83. The summed E-state index contributed by atoms with van der Waals surface area (Å²) in [6, 6.07) is 23.2. The number of hydrogen-bond acceptors (Lipinski definition) is 5. The molecule has 5 nitrogen and oxygen atoms in total. The lowest BCUT2D eigenvalue weighted by Gasteiger charge is -2.30. The van der Waals surface area contributed by atoms with E-state index in [1.165, 1.54) is 27.4 Å². The van der Waals surface area contributed by atoms with Gasteiger partial charge in [-0.1, -0.05) is 59.9 Å². The molecule has 1 N–H and O–H groups in total. The molecule has 3 aromatic carbocycles. The van der Waals surface area contributed by atoms with Gasteiger partial charge in [-0.3, -0.25) is 9.36 Å². The first kappa shape index (κ1) is 22.8. The van der Waals surface area contributed by atoms with Crippen LogP contribution in [0.15, 0.2) is 93.1 Å². The molecule has 0 radical (unpaired) electrons. The number of aryl methyl sites for hydroxylation is 1. The molecule has 0 unspecified atom stereocenters. The Hall–Kier alpha value is -3.68. The molecule has 178 valence electrons. The molecule has 0 spiro atoms. The molecule has 4 aromatic rings. The van der Waals surface area contributed by atoms with E-state index in [-0.39, 0.29) is 17.2 Å². The molecule has 0 amide bonds. The molecule has 2 aliphatic rings. The number of benzene rings is 3. The van der Waals surface area contributed by atoms with Crippen LogP contribution in [0, 0.1) is 0 Å². The summed E-state index contributed by atoms with van der Waals surface area (Å²) in [6.45, 7) is 0. The average molecular weight is 511 g/mol. The Bertz CT molecular complexity index is 1710. The number of carbonyl (C=O) groups is 1. The Morgan fingerprint density at radius 1 is 1.06 bits per heavy atom. The van der Waals surface area contributed by atoms with Gasteiger partial charge in [0.25, 0.3) is 5.56 Å². The van der Waals surface area contributed by atoms with Crippen molar-refractivity contribution in [3.8, 4) is 0 Å². The van der Waals surface area contributed by atoms with E-state index in [0.717, 1.165) is 35.2 Å². The van der Waals surface area contributed by atoms with E-state index in [1.807, 2.05) is 16.7 Å². The topological polar surface area (TPSA) is 71.7 Å². The zero-order chi connectivity index (χ0) is 24.8. The smallest absolute Gasteiger partial charge is 0.335 e. The largest absolute Gasteiger partial charge is 0.478 e. The maximum atomic E-state index is 13.8. The van der Waals surface area contributed by atoms with Crippen LogP contribution >= 0.6 is 23.1 Å². The van der Waals surface area contributed by atoms with Crippen molar-refractivity contribution in [2.45, 2.75) is 23.8 Å². The molecule has 36 heavy (non-hydrogen) atoms. The SMILES string of the molecule is CSc1ccc([C@H]2C3=C(N=c4s/c(=C\c5ccc(C(=O)O)cc5)c(=O)n42)c2ccccc2CC3)cc1. The number of carboxylic acids is 1. The van der Waals surface area contributed by atoms with E-state index in [4.69, 9.17) is 4.99 Å². The molecular formula is C29H22N2O3S2. The second-order valence-electron chi connectivity index (χ2n) is 8.81. The molecule has 1 aromatic heterocycles. The third-order valence-electron chi connectivity index (χ3n) is 6.76. The third kappa shape index (κ3) is 3.85. The van der Waals surface area contributed by atoms with Crippen LogP contribution in [-0.2, 0) is 6.42 Å². The predicted octanol–water partition coefficient (Wildman–Crippen LogP) is 4.74. The van der Waals surface area contributed by atoms with Gasteiger partial charge in [0.15, 0.2) is 4.80 Å². The van der Waals surface area contributed by atoms with Gasteiger partial charge in [0, 0.05) is 10.5 Å². The van der Waals surface area contributed by atoms with Crippen LogP contribution in [0.2, 0.25) is 0 Å². The van der Waals surface area contributed by atoms with Crippen LogP contribution in [-0.4, -0.2) is 21.9 Å². The predicted molar refractivity (Wildman–Crippen MR) is 144 cm³/mol.